The normalized spacial score (nSPS) is 20.1. The fraction of sp³-hybridized carbons (Fsp3) is 0.500. The predicted molar refractivity (Wildman–Crippen MR) is 52.1 cm³/mol. The molecule has 0 amide bonds. The van der Waals surface area contributed by atoms with E-state index in [1.807, 2.05) is 0 Å². The molecule has 1 aromatic carbocycles. The van der Waals surface area contributed by atoms with Crippen molar-refractivity contribution in [1.82, 2.24) is 0 Å². The number of hydrogen-bond donors (Lipinski definition) is 0. The zero-order valence-electron chi connectivity index (χ0n) is 7.72. The SMILES string of the molecule is CC1(Cc2ccccc2)CCC1. The molecule has 0 unspecified atom stereocenters. The minimum absolute atomic E-state index is 0.626. The highest BCUT2D eigenvalue weighted by molar-refractivity contribution is 5.17. The van der Waals surface area contributed by atoms with Crippen LogP contribution in [0, 0.1) is 5.41 Å². The maximum absolute atomic E-state index is 2.41. The maximum Gasteiger partial charge on any atom is -0.0225 e. The Morgan fingerprint density at radius 3 is 2.33 bits per heavy atom. The minimum atomic E-state index is 0.626. The lowest BCUT2D eigenvalue weighted by Crippen LogP contribution is -2.27. The molecule has 2 rings (SSSR count). The second kappa shape index (κ2) is 2.93. The first kappa shape index (κ1) is 7.85. The van der Waals surface area contributed by atoms with Gasteiger partial charge in [0.2, 0.25) is 0 Å². The van der Waals surface area contributed by atoms with E-state index in [1.165, 1.54) is 31.2 Å². The van der Waals surface area contributed by atoms with Gasteiger partial charge in [-0.05, 0) is 30.2 Å². The van der Waals surface area contributed by atoms with Crippen molar-refractivity contribution in [2.24, 2.45) is 5.41 Å². The molecule has 0 bridgehead atoms. The number of benzene rings is 1. The molecule has 1 aliphatic carbocycles. The van der Waals surface area contributed by atoms with E-state index in [0.717, 1.165) is 0 Å². The number of hydrogen-bond acceptors (Lipinski definition) is 0. The Kier molecular flexibility index (Phi) is 1.92. The molecular formula is C12H16. The molecule has 1 aliphatic rings. The van der Waals surface area contributed by atoms with E-state index in [1.54, 1.807) is 0 Å². The third kappa shape index (κ3) is 1.52. The van der Waals surface area contributed by atoms with Gasteiger partial charge in [-0.3, -0.25) is 0 Å². The van der Waals surface area contributed by atoms with E-state index in [-0.39, 0.29) is 0 Å². The first-order valence-electron chi connectivity index (χ1n) is 4.82. The van der Waals surface area contributed by atoms with E-state index in [0.29, 0.717) is 5.41 Å². The van der Waals surface area contributed by atoms with E-state index in [2.05, 4.69) is 37.3 Å². The van der Waals surface area contributed by atoms with Crippen LogP contribution >= 0.6 is 0 Å². The van der Waals surface area contributed by atoms with Crippen LogP contribution in [0.2, 0.25) is 0 Å². The van der Waals surface area contributed by atoms with Crippen LogP contribution in [0.25, 0.3) is 0 Å². The Balaban J connectivity index is 2.04. The van der Waals surface area contributed by atoms with Crippen molar-refractivity contribution in [2.75, 3.05) is 0 Å². The van der Waals surface area contributed by atoms with E-state index in [9.17, 15) is 0 Å². The predicted octanol–water partition coefficient (Wildman–Crippen LogP) is 3.42. The molecule has 0 heterocycles. The van der Waals surface area contributed by atoms with E-state index >= 15 is 0 Å². The maximum atomic E-state index is 2.41. The molecule has 12 heavy (non-hydrogen) atoms. The Morgan fingerprint density at radius 1 is 1.17 bits per heavy atom. The highest BCUT2D eigenvalue weighted by Crippen LogP contribution is 2.42. The van der Waals surface area contributed by atoms with Crippen molar-refractivity contribution in [2.45, 2.75) is 32.6 Å². The summed E-state index contributed by atoms with van der Waals surface area (Å²) in [7, 11) is 0. The summed E-state index contributed by atoms with van der Waals surface area (Å²) in [6.45, 7) is 2.41. The van der Waals surface area contributed by atoms with Gasteiger partial charge in [-0.15, -0.1) is 0 Å². The third-order valence-corrected chi connectivity index (χ3v) is 3.03. The van der Waals surface area contributed by atoms with Crippen LogP contribution < -0.4 is 0 Å². The second-order valence-electron chi connectivity index (χ2n) is 4.33. The first-order chi connectivity index (χ1) is 5.79. The van der Waals surface area contributed by atoms with E-state index in [4.69, 9.17) is 0 Å². The average molecular weight is 160 g/mol. The summed E-state index contributed by atoms with van der Waals surface area (Å²) in [5.74, 6) is 0. The zero-order valence-corrected chi connectivity index (χ0v) is 7.72. The van der Waals surface area contributed by atoms with Gasteiger partial charge in [-0.25, -0.2) is 0 Å². The van der Waals surface area contributed by atoms with Crippen LogP contribution in [0.4, 0.5) is 0 Å². The minimum Gasteiger partial charge on any atom is -0.0622 e. The van der Waals surface area contributed by atoms with Crippen LogP contribution in [0.3, 0.4) is 0 Å². The van der Waals surface area contributed by atoms with Gasteiger partial charge in [0.15, 0.2) is 0 Å². The van der Waals surface area contributed by atoms with Gasteiger partial charge in [0.25, 0.3) is 0 Å². The lowest BCUT2D eigenvalue weighted by molar-refractivity contribution is 0.161. The fourth-order valence-electron chi connectivity index (χ4n) is 2.05. The third-order valence-electron chi connectivity index (χ3n) is 3.03. The Bertz CT molecular complexity index is 244. The first-order valence-corrected chi connectivity index (χ1v) is 4.82. The largest absolute Gasteiger partial charge is 0.0622 e. The van der Waals surface area contributed by atoms with Gasteiger partial charge >= 0.3 is 0 Å². The molecule has 0 spiro atoms. The number of rotatable bonds is 2. The second-order valence-corrected chi connectivity index (χ2v) is 4.33. The van der Waals surface area contributed by atoms with Crippen molar-refractivity contribution in [3.05, 3.63) is 35.9 Å². The molecule has 64 valence electrons. The van der Waals surface area contributed by atoms with Gasteiger partial charge in [0.1, 0.15) is 0 Å². The van der Waals surface area contributed by atoms with Crippen LogP contribution in [0.1, 0.15) is 31.7 Å². The Labute approximate surface area is 74.6 Å². The zero-order chi connectivity index (χ0) is 8.44. The molecule has 0 nitrogen and oxygen atoms in total. The van der Waals surface area contributed by atoms with Crippen molar-refractivity contribution in [3.63, 3.8) is 0 Å². The van der Waals surface area contributed by atoms with Gasteiger partial charge in [0, 0.05) is 0 Å². The standard InChI is InChI=1S/C12H16/c1-12(8-5-9-12)10-11-6-3-2-4-7-11/h2-4,6-7H,5,8-10H2,1H3. The summed E-state index contributed by atoms with van der Waals surface area (Å²) in [6.07, 6.45) is 5.54. The van der Waals surface area contributed by atoms with Gasteiger partial charge in [-0.1, -0.05) is 43.7 Å². The van der Waals surface area contributed by atoms with Crippen LogP contribution in [0.15, 0.2) is 30.3 Å². The molecule has 0 saturated heterocycles. The smallest absolute Gasteiger partial charge is 0.0225 e. The topological polar surface area (TPSA) is 0 Å². The highest BCUT2D eigenvalue weighted by atomic mass is 14.4. The molecule has 0 atom stereocenters. The van der Waals surface area contributed by atoms with Crippen LogP contribution in [0.5, 0.6) is 0 Å². The van der Waals surface area contributed by atoms with E-state index < -0.39 is 0 Å². The molecular weight excluding hydrogens is 144 g/mol. The van der Waals surface area contributed by atoms with Gasteiger partial charge < -0.3 is 0 Å². The summed E-state index contributed by atoms with van der Waals surface area (Å²) in [5, 5.41) is 0. The monoisotopic (exact) mass is 160 g/mol. The quantitative estimate of drug-likeness (QED) is 0.622. The van der Waals surface area contributed by atoms with Crippen LogP contribution in [-0.2, 0) is 6.42 Å². The Morgan fingerprint density at radius 2 is 1.83 bits per heavy atom. The molecule has 1 saturated carbocycles. The lowest BCUT2D eigenvalue weighted by Gasteiger charge is -2.38. The van der Waals surface area contributed by atoms with Crippen molar-refractivity contribution in [3.8, 4) is 0 Å². The summed E-state index contributed by atoms with van der Waals surface area (Å²) in [6, 6.07) is 10.8. The van der Waals surface area contributed by atoms with Crippen molar-refractivity contribution < 1.29 is 0 Å². The summed E-state index contributed by atoms with van der Waals surface area (Å²) in [5.41, 5.74) is 2.13. The molecule has 0 aliphatic heterocycles. The Hall–Kier alpha value is -0.780. The van der Waals surface area contributed by atoms with Crippen LogP contribution in [-0.4, -0.2) is 0 Å². The average Bonchev–Trinajstić information content (AvgIpc) is 2.04. The van der Waals surface area contributed by atoms with Crippen molar-refractivity contribution in [1.29, 1.82) is 0 Å². The molecule has 1 aromatic rings. The molecule has 0 aromatic heterocycles. The summed E-state index contributed by atoms with van der Waals surface area (Å²) < 4.78 is 0. The summed E-state index contributed by atoms with van der Waals surface area (Å²) >= 11 is 0. The molecule has 1 fully saturated rings. The molecule has 0 N–H and O–H groups in total. The van der Waals surface area contributed by atoms with Gasteiger partial charge in [0.05, 0.1) is 0 Å². The lowest BCUT2D eigenvalue weighted by atomic mass is 9.67. The van der Waals surface area contributed by atoms with Gasteiger partial charge in [-0.2, -0.15) is 0 Å². The highest BCUT2D eigenvalue weighted by Gasteiger charge is 2.31. The fourth-order valence-corrected chi connectivity index (χ4v) is 2.05. The van der Waals surface area contributed by atoms with Crippen molar-refractivity contribution >= 4 is 0 Å². The summed E-state index contributed by atoms with van der Waals surface area (Å²) in [4.78, 5) is 0. The molecule has 0 heteroatoms. The molecule has 0 radical (unpaired) electrons.